The molecule has 15 rings (SSSR count). The summed E-state index contributed by atoms with van der Waals surface area (Å²) in [6, 6.07) is 51.8. The lowest BCUT2D eigenvalue weighted by Crippen LogP contribution is -2.37. The van der Waals surface area contributed by atoms with Crippen LogP contribution in [0.25, 0.3) is 66.9 Å². The van der Waals surface area contributed by atoms with Gasteiger partial charge in [0.25, 0.3) is 5.91 Å². The average Bonchev–Trinajstić information content (AvgIpc) is 1.65. The SMILES string of the molecule is C.C#CC(=O)N1CCC(n2nc(-c3ccc(Oc4ccccc4)cc3)c3c(N)ncnc32)C1.C=CS(=O)(=O)NC1CCC(n2nc(-c3ccc(Oc4ccccc4)cc3)c3c(N)ncnc32)CC1.CN(C)C/C=C/C(=O)N1CCC(n2nc(-c3ccc(Oc4ccccc4)cc3)c3c(N)ncnc32)C1. The summed E-state index contributed by atoms with van der Waals surface area (Å²) in [4.78, 5) is 56.1. The molecule has 1 aliphatic carbocycles. The zero-order valence-corrected chi connectivity index (χ0v) is 57.4. The normalized spacial score (nSPS) is 16.5. The van der Waals surface area contributed by atoms with Crippen molar-refractivity contribution < 1.29 is 32.2 Å². The molecule has 2 amide bonds. The van der Waals surface area contributed by atoms with Crippen molar-refractivity contribution in [3.63, 3.8) is 0 Å². The molecule has 6 aromatic heterocycles. The number of ether oxygens (including phenoxy) is 3. The Balaban J connectivity index is 0.000000146. The predicted molar refractivity (Wildman–Crippen MR) is 402 cm³/mol. The molecule has 7 N–H and O–H groups in total. The zero-order chi connectivity index (χ0) is 71.6. The van der Waals surface area contributed by atoms with Crippen LogP contribution in [0.5, 0.6) is 34.5 Å². The van der Waals surface area contributed by atoms with Gasteiger partial charge in [-0.05, 0) is 168 Å². The fourth-order valence-corrected chi connectivity index (χ4v) is 13.6. The number of nitrogens with zero attached hydrogens (tertiary/aromatic N) is 15. The summed E-state index contributed by atoms with van der Waals surface area (Å²) in [5.74, 6) is 7.44. The molecule has 6 aromatic carbocycles. The number of hydrogen-bond donors (Lipinski definition) is 4. The van der Waals surface area contributed by atoms with Gasteiger partial charge in [-0.3, -0.25) is 9.59 Å². The molecule has 27 heteroatoms. The number of carbonyl (C=O) groups excluding carboxylic acids is 2. The van der Waals surface area contributed by atoms with Crippen LogP contribution in [0.2, 0.25) is 0 Å². The molecule has 0 spiro atoms. The minimum Gasteiger partial charge on any atom is -0.457 e. The molecule has 3 aliphatic rings. The molecule has 104 heavy (non-hydrogen) atoms. The molecule has 0 radical (unpaired) electrons. The largest absolute Gasteiger partial charge is 0.457 e. The van der Waals surface area contributed by atoms with Crippen molar-refractivity contribution in [3.8, 4) is 80.6 Å². The molecular formula is C77H79N19O7S. The third-order valence-electron chi connectivity index (χ3n) is 17.9. The Morgan fingerprint density at radius 2 is 0.885 bits per heavy atom. The fraction of sp³-hybridized carbons (Fsp3) is 0.234. The van der Waals surface area contributed by atoms with E-state index in [4.69, 9.17) is 53.1 Å². The van der Waals surface area contributed by atoms with E-state index in [0.29, 0.717) is 118 Å². The highest BCUT2D eigenvalue weighted by atomic mass is 32.2. The lowest BCUT2D eigenvalue weighted by Gasteiger charge is -2.28. The number of carbonyl (C=O) groups is 2. The molecule has 1 saturated carbocycles. The minimum absolute atomic E-state index is 0. The number of likely N-dealkylation sites (N-methyl/N-ethyl adjacent to an activating group) is 1. The Hall–Kier alpha value is -12.4. The molecule has 0 bridgehead atoms. The van der Waals surface area contributed by atoms with E-state index < -0.39 is 10.0 Å². The van der Waals surface area contributed by atoms with Gasteiger partial charge < -0.3 is 46.1 Å². The van der Waals surface area contributed by atoms with Gasteiger partial charge in [0.05, 0.1) is 34.3 Å². The topological polar surface area (TPSA) is 327 Å². The quantitative estimate of drug-likeness (QED) is 0.0458. The van der Waals surface area contributed by atoms with Gasteiger partial charge in [0, 0.05) is 66.9 Å². The van der Waals surface area contributed by atoms with E-state index in [1.807, 2.05) is 208 Å². The molecule has 2 atom stereocenters. The van der Waals surface area contributed by atoms with Crippen LogP contribution in [0.4, 0.5) is 17.5 Å². The number of nitrogen functional groups attached to an aromatic ring is 3. The number of para-hydroxylation sites is 3. The van der Waals surface area contributed by atoms with Gasteiger partial charge in [-0.15, -0.1) is 6.42 Å². The first-order valence-electron chi connectivity index (χ1n) is 33.5. The second kappa shape index (κ2) is 32.1. The Morgan fingerprint density at radius 3 is 1.25 bits per heavy atom. The number of rotatable bonds is 18. The maximum atomic E-state index is 12.6. The van der Waals surface area contributed by atoms with Crippen LogP contribution in [-0.4, -0.2) is 147 Å². The Bertz CT molecular complexity index is 5180. The van der Waals surface area contributed by atoms with Crippen LogP contribution in [-0.2, 0) is 19.6 Å². The molecule has 2 unspecified atom stereocenters. The fourth-order valence-electron chi connectivity index (χ4n) is 12.8. The summed E-state index contributed by atoms with van der Waals surface area (Å²) < 4.78 is 49.7. The minimum atomic E-state index is -3.45. The van der Waals surface area contributed by atoms with Gasteiger partial charge in [-0.2, -0.15) is 15.3 Å². The highest BCUT2D eigenvalue weighted by Crippen LogP contribution is 2.40. The van der Waals surface area contributed by atoms with E-state index in [9.17, 15) is 18.0 Å². The first-order chi connectivity index (χ1) is 50.1. The van der Waals surface area contributed by atoms with Crippen molar-refractivity contribution in [3.05, 3.63) is 207 Å². The number of terminal acetylenes is 1. The van der Waals surface area contributed by atoms with Crippen molar-refractivity contribution >= 4 is 72.4 Å². The summed E-state index contributed by atoms with van der Waals surface area (Å²) in [5, 5.41) is 17.7. The van der Waals surface area contributed by atoms with E-state index in [2.05, 4.69) is 47.1 Å². The number of nitrogens with two attached hydrogens (primary N) is 3. The smallest absolute Gasteiger partial charge is 0.298 e. The van der Waals surface area contributed by atoms with Crippen LogP contribution < -0.4 is 36.1 Å². The van der Waals surface area contributed by atoms with E-state index in [1.165, 1.54) is 19.0 Å². The highest BCUT2D eigenvalue weighted by Gasteiger charge is 2.33. The monoisotopic (exact) mass is 1410 g/mol. The van der Waals surface area contributed by atoms with Crippen LogP contribution in [0.1, 0.15) is 64.1 Å². The number of benzene rings is 6. The van der Waals surface area contributed by atoms with Crippen molar-refractivity contribution in [2.75, 3.05) is 64.0 Å². The van der Waals surface area contributed by atoms with Gasteiger partial charge in [0.1, 0.15) is 88.0 Å². The van der Waals surface area contributed by atoms with Gasteiger partial charge in [0.2, 0.25) is 15.9 Å². The van der Waals surface area contributed by atoms with Crippen LogP contribution in [0.3, 0.4) is 0 Å². The Labute approximate surface area is 601 Å². The van der Waals surface area contributed by atoms with E-state index in [1.54, 1.807) is 11.0 Å². The molecule has 3 fully saturated rings. The number of anilines is 3. The van der Waals surface area contributed by atoms with Crippen LogP contribution in [0.15, 0.2) is 207 Å². The number of likely N-dealkylation sites (tertiary alicyclic amines) is 2. The summed E-state index contributed by atoms with van der Waals surface area (Å²) in [6.07, 6.45) is 17.6. The Morgan fingerprint density at radius 1 is 0.529 bits per heavy atom. The predicted octanol–water partition coefficient (Wildman–Crippen LogP) is 12.1. The second-order valence-electron chi connectivity index (χ2n) is 25.1. The lowest BCUT2D eigenvalue weighted by molar-refractivity contribution is -0.125. The second-order valence-corrected chi connectivity index (χ2v) is 26.8. The van der Waals surface area contributed by atoms with Gasteiger partial charge in [-0.1, -0.05) is 74.7 Å². The van der Waals surface area contributed by atoms with Crippen molar-refractivity contribution in [1.29, 1.82) is 0 Å². The van der Waals surface area contributed by atoms with Gasteiger partial charge >= 0.3 is 0 Å². The molecule has 530 valence electrons. The maximum absolute atomic E-state index is 12.6. The molecule has 8 heterocycles. The number of amides is 2. The number of hydrogen-bond acceptors (Lipinski definition) is 20. The lowest BCUT2D eigenvalue weighted by atomic mass is 9.92. The zero-order valence-electron chi connectivity index (χ0n) is 56.6. The molecule has 2 saturated heterocycles. The Kier molecular flexibility index (Phi) is 22.0. The van der Waals surface area contributed by atoms with Crippen molar-refractivity contribution in [2.45, 2.75) is 70.1 Å². The molecular weight excluding hydrogens is 1340 g/mol. The first-order valence-corrected chi connectivity index (χ1v) is 35.1. The van der Waals surface area contributed by atoms with Gasteiger partial charge in [0.15, 0.2) is 16.9 Å². The van der Waals surface area contributed by atoms with Crippen LogP contribution >= 0.6 is 0 Å². The number of sulfonamides is 1. The average molecular weight is 1410 g/mol. The van der Waals surface area contributed by atoms with E-state index in [-0.39, 0.29) is 43.4 Å². The number of aromatic nitrogens is 12. The third kappa shape index (κ3) is 16.3. The first kappa shape index (κ1) is 71.4. The van der Waals surface area contributed by atoms with Crippen molar-refractivity contribution in [1.82, 2.24) is 78.7 Å². The van der Waals surface area contributed by atoms with Crippen molar-refractivity contribution in [2.24, 2.45) is 0 Å². The highest BCUT2D eigenvalue weighted by molar-refractivity contribution is 7.92. The summed E-state index contributed by atoms with van der Waals surface area (Å²) in [7, 11) is 0.489. The summed E-state index contributed by atoms with van der Waals surface area (Å²) >= 11 is 0. The van der Waals surface area contributed by atoms with E-state index in [0.717, 1.165) is 77.3 Å². The molecule has 26 nitrogen and oxygen atoms in total. The molecule has 2 aliphatic heterocycles. The number of fused-ring (bicyclic) bond motifs is 3. The number of nitrogens with one attached hydrogen (secondary N) is 1. The third-order valence-corrected chi connectivity index (χ3v) is 19.0. The van der Waals surface area contributed by atoms with E-state index >= 15 is 0 Å². The molecule has 12 aromatic rings. The maximum Gasteiger partial charge on any atom is 0.298 e. The van der Waals surface area contributed by atoms with Gasteiger partial charge in [-0.25, -0.2) is 57.1 Å². The standard InChI is InChI=1S/C27H29N7O2.C25H26N6O3S.C24H20N6O2.CH4/c1-32(2)15-6-9-23(35)33-16-14-20(17-33)34-27-24(26(28)29-18-30-27)25(31-34)19-10-12-22(13-11-19)36-21-7-4-3-5-8-21;1-2-35(32,33)30-18-10-12-19(13-11-18)31-25-22(24(26)27-16-28-25)23(29-31)17-8-14-21(15-9-17)34-20-6-4-3-5-7-20;1-2-20(31)29-13-12-17(14-29)30-24-21(23(25)26-15-27-24)22(28-30)16-8-10-19(11-9-16)32-18-6-4-3-5-7-18;/h3-13,18,20H,14-17H2,1-2H3,(H2,28,29,30);2-9,14-16,18-19,30H,1,10-13H2,(H2,26,27,28);1,3-11,15,17H,12-14H2,(H2,25,26,27);1H4/b9-6+;;;. The van der Waals surface area contributed by atoms with Crippen LogP contribution in [0, 0.1) is 12.3 Å². The summed E-state index contributed by atoms with van der Waals surface area (Å²) in [6.45, 7) is 6.37. The summed E-state index contributed by atoms with van der Waals surface area (Å²) in [5.41, 5.74) is 25.5.